The lowest BCUT2D eigenvalue weighted by molar-refractivity contribution is 0.0981. The summed E-state index contributed by atoms with van der Waals surface area (Å²) >= 11 is 0. The molecule has 1 N–H and O–H groups in total. The van der Waals surface area contributed by atoms with Gasteiger partial charge >= 0.3 is 0 Å². The summed E-state index contributed by atoms with van der Waals surface area (Å²) in [5, 5.41) is 3.48. The maximum absolute atomic E-state index is 3.48. The second kappa shape index (κ2) is 6.25. The summed E-state index contributed by atoms with van der Waals surface area (Å²) in [4.78, 5) is 5.28. The maximum atomic E-state index is 3.48. The van der Waals surface area contributed by atoms with Crippen molar-refractivity contribution in [3.8, 4) is 0 Å². The topological polar surface area (TPSA) is 18.5 Å². The third-order valence-corrected chi connectivity index (χ3v) is 4.94. The Morgan fingerprint density at radius 3 is 2.55 bits per heavy atom. The zero-order valence-electron chi connectivity index (χ0n) is 12.9. The molecule has 2 aliphatic heterocycles. The number of benzene rings is 1. The molecule has 3 nitrogen and oxygen atoms in total. The van der Waals surface area contributed by atoms with Crippen LogP contribution in [0.25, 0.3) is 0 Å². The summed E-state index contributed by atoms with van der Waals surface area (Å²) in [6.45, 7) is 12.8. The van der Waals surface area contributed by atoms with Crippen molar-refractivity contribution in [2.24, 2.45) is 0 Å². The van der Waals surface area contributed by atoms with Gasteiger partial charge in [-0.2, -0.15) is 0 Å². The minimum atomic E-state index is 0.791. The molecule has 0 aromatic heterocycles. The molecule has 1 atom stereocenters. The molecule has 1 unspecified atom stereocenters. The summed E-state index contributed by atoms with van der Waals surface area (Å²) in [5.41, 5.74) is 4.27. The van der Waals surface area contributed by atoms with Gasteiger partial charge in [0, 0.05) is 45.3 Å². The van der Waals surface area contributed by atoms with Crippen LogP contribution < -0.4 is 5.32 Å². The monoisotopic (exact) mass is 273 g/mol. The van der Waals surface area contributed by atoms with E-state index in [2.05, 4.69) is 47.2 Å². The molecule has 0 amide bonds. The molecule has 2 fully saturated rings. The molecular formula is C17H27N3. The van der Waals surface area contributed by atoms with Crippen molar-refractivity contribution in [2.45, 2.75) is 32.9 Å². The Balaban J connectivity index is 1.51. The lowest BCUT2D eigenvalue weighted by Gasteiger charge is -2.37. The van der Waals surface area contributed by atoms with Gasteiger partial charge in [0.25, 0.3) is 0 Å². The SMILES string of the molecule is Cc1ccc(CN2CCN(C3CCNC3)CC2)cc1C. The van der Waals surface area contributed by atoms with E-state index in [4.69, 9.17) is 0 Å². The smallest absolute Gasteiger partial charge is 0.0234 e. The van der Waals surface area contributed by atoms with Gasteiger partial charge in [0.15, 0.2) is 0 Å². The molecule has 0 spiro atoms. The van der Waals surface area contributed by atoms with Crippen LogP contribution in [0.4, 0.5) is 0 Å². The van der Waals surface area contributed by atoms with Crippen LogP contribution in [-0.4, -0.2) is 55.1 Å². The minimum Gasteiger partial charge on any atom is -0.315 e. The second-order valence-corrected chi connectivity index (χ2v) is 6.38. The van der Waals surface area contributed by atoms with E-state index in [1.165, 1.54) is 62.4 Å². The van der Waals surface area contributed by atoms with E-state index in [9.17, 15) is 0 Å². The molecule has 2 aliphatic rings. The van der Waals surface area contributed by atoms with Crippen molar-refractivity contribution in [2.75, 3.05) is 39.3 Å². The van der Waals surface area contributed by atoms with Gasteiger partial charge in [-0.1, -0.05) is 18.2 Å². The van der Waals surface area contributed by atoms with Crippen molar-refractivity contribution in [3.05, 3.63) is 34.9 Å². The average molecular weight is 273 g/mol. The number of nitrogens with one attached hydrogen (secondary N) is 1. The highest BCUT2D eigenvalue weighted by molar-refractivity contribution is 5.29. The molecule has 0 aliphatic carbocycles. The molecule has 3 rings (SSSR count). The van der Waals surface area contributed by atoms with Crippen LogP contribution in [0.2, 0.25) is 0 Å². The first-order valence-electron chi connectivity index (χ1n) is 7.95. The number of aryl methyl sites for hydroxylation is 2. The standard InChI is InChI=1S/C17H27N3/c1-14-3-4-16(11-15(14)2)13-19-7-9-20(10-8-19)17-5-6-18-12-17/h3-4,11,17-18H,5-10,12-13H2,1-2H3. The Labute approximate surface area is 123 Å². The molecule has 2 heterocycles. The average Bonchev–Trinajstić information content (AvgIpc) is 2.98. The van der Waals surface area contributed by atoms with E-state index in [1.54, 1.807) is 0 Å². The van der Waals surface area contributed by atoms with Gasteiger partial charge < -0.3 is 5.32 Å². The molecule has 0 bridgehead atoms. The van der Waals surface area contributed by atoms with Gasteiger partial charge in [0.05, 0.1) is 0 Å². The van der Waals surface area contributed by atoms with Crippen molar-refractivity contribution < 1.29 is 0 Å². The summed E-state index contributed by atoms with van der Waals surface area (Å²) in [6.07, 6.45) is 1.33. The van der Waals surface area contributed by atoms with Crippen molar-refractivity contribution in [1.82, 2.24) is 15.1 Å². The Morgan fingerprint density at radius 1 is 1.10 bits per heavy atom. The van der Waals surface area contributed by atoms with E-state index in [0.29, 0.717) is 0 Å². The number of nitrogens with zero attached hydrogens (tertiary/aromatic N) is 2. The Hall–Kier alpha value is -0.900. The number of rotatable bonds is 3. The van der Waals surface area contributed by atoms with Crippen LogP contribution >= 0.6 is 0 Å². The highest BCUT2D eigenvalue weighted by Gasteiger charge is 2.25. The predicted molar refractivity (Wildman–Crippen MR) is 84.0 cm³/mol. The van der Waals surface area contributed by atoms with E-state index < -0.39 is 0 Å². The molecule has 20 heavy (non-hydrogen) atoms. The van der Waals surface area contributed by atoms with Crippen LogP contribution in [0.15, 0.2) is 18.2 Å². The molecule has 110 valence electrons. The fourth-order valence-corrected chi connectivity index (χ4v) is 3.40. The summed E-state index contributed by atoms with van der Waals surface area (Å²) in [5.74, 6) is 0. The van der Waals surface area contributed by atoms with Crippen LogP contribution in [0, 0.1) is 13.8 Å². The summed E-state index contributed by atoms with van der Waals surface area (Å²) in [6, 6.07) is 7.68. The zero-order valence-corrected chi connectivity index (χ0v) is 12.9. The van der Waals surface area contributed by atoms with Gasteiger partial charge in [0.1, 0.15) is 0 Å². The molecule has 2 saturated heterocycles. The van der Waals surface area contributed by atoms with Crippen LogP contribution in [0.5, 0.6) is 0 Å². The number of hydrogen-bond acceptors (Lipinski definition) is 3. The molecular weight excluding hydrogens is 246 g/mol. The minimum absolute atomic E-state index is 0.791. The lowest BCUT2D eigenvalue weighted by atomic mass is 10.1. The first-order chi connectivity index (χ1) is 9.72. The fraction of sp³-hybridized carbons (Fsp3) is 0.647. The van der Waals surface area contributed by atoms with Crippen LogP contribution in [0.3, 0.4) is 0 Å². The van der Waals surface area contributed by atoms with Crippen molar-refractivity contribution in [3.63, 3.8) is 0 Å². The largest absolute Gasteiger partial charge is 0.315 e. The zero-order chi connectivity index (χ0) is 13.9. The molecule has 1 aromatic carbocycles. The van der Waals surface area contributed by atoms with Crippen molar-refractivity contribution in [1.29, 1.82) is 0 Å². The quantitative estimate of drug-likeness (QED) is 0.906. The van der Waals surface area contributed by atoms with E-state index >= 15 is 0 Å². The lowest BCUT2D eigenvalue weighted by Crippen LogP contribution is -2.50. The molecule has 0 radical (unpaired) electrons. The van der Waals surface area contributed by atoms with Crippen LogP contribution in [-0.2, 0) is 6.54 Å². The Bertz CT molecular complexity index is 444. The van der Waals surface area contributed by atoms with E-state index in [-0.39, 0.29) is 0 Å². The van der Waals surface area contributed by atoms with E-state index in [1.807, 2.05) is 0 Å². The first-order valence-corrected chi connectivity index (χ1v) is 7.95. The third-order valence-electron chi connectivity index (χ3n) is 4.94. The van der Waals surface area contributed by atoms with Gasteiger partial charge in [-0.15, -0.1) is 0 Å². The highest BCUT2D eigenvalue weighted by Crippen LogP contribution is 2.15. The number of hydrogen-bond donors (Lipinski definition) is 1. The van der Waals surface area contributed by atoms with Crippen molar-refractivity contribution >= 4 is 0 Å². The van der Waals surface area contributed by atoms with Gasteiger partial charge in [-0.3, -0.25) is 9.80 Å². The molecule has 0 saturated carbocycles. The maximum Gasteiger partial charge on any atom is 0.0234 e. The normalized spacial score (nSPS) is 25.2. The van der Waals surface area contributed by atoms with E-state index in [0.717, 1.165) is 12.6 Å². The third kappa shape index (κ3) is 3.22. The van der Waals surface area contributed by atoms with Gasteiger partial charge in [-0.05, 0) is 43.5 Å². The summed E-state index contributed by atoms with van der Waals surface area (Å²) < 4.78 is 0. The Morgan fingerprint density at radius 2 is 1.90 bits per heavy atom. The van der Waals surface area contributed by atoms with Gasteiger partial charge in [0.2, 0.25) is 0 Å². The van der Waals surface area contributed by atoms with Gasteiger partial charge in [-0.25, -0.2) is 0 Å². The first kappa shape index (κ1) is 14.1. The fourth-order valence-electron chi connectivity index (χ4n) is 3.40. The Kier molecular flexibility index (Phi) is 4.39. The highest BCUT2D eigenvalue weighted by atomic mass is 15.3. The predicted octanol–water partition coefficient (Wildman–Crippen LogP) is 1.78. The van der Waals surface area contributed by atoms with Crippen LogP contribution in [0.1, 0.15) is 23.1 Å². The molecule has 3 heteroatoms. The second-order valence-electron chi connectivity index (χ2n) is 6.38. The molecule has 1 aromatic rings. The summed E-state index contributed by atoms with van der Waals surface area (Å²) in [7, 11) is 0. The number of piperazine rings is 1.